The van der Waals surface area contributed by atoms with E-state index in [9.17, 15) is 26.3 Å². The van der Waals surface area contributed by atoms with Gasteiger partial charge in [-0.05, 0) is 6.42 Å². The van der Waals surface area contributed by atoms with E-state index in [2.05, 4.69) is 0 Å². The largest absolute Gasteiger partial charge is 0.339 e. The fourth-order valence-corrected chi connectivity index (χ4v) is 1.45. The van der Waals surface area contributed by atoms with Crippen LogP contribution in [0.25, 0.3) is 0 Å². The predicted molar refractivity (Wildman–Crippen MR) is 54.5 cm³/mol. The van der Waals surface area contributed by atoms with Crippen molar-refractivity contribution in [3.8, 4) is 0 Å². The third-order valence-corrected chi connectivity index (χ3v) is 2.43. The van der Waals surface area contributed by atoms with Crippen LogP contribution in [0, 0.1) is 29.1 Å². The average Bonchev–Trinajstić information content (AvgIpc) is 2.38. The minimum Gasteiger partial charge on any atom is -0.339 e. The van der Waals surface area contributed by atoms with Gasteiger partial charge in [0.15, 0.2) is 30.1 Å². The molecule has 0 aromatic heterocycles. The Labute approximate surface area is 100 Å². The highest BCUT2D eigenvalue weighted by molar-refractivity contribution is 5.50. The Hall–Kier alpha value is -1.40. The summed E-state index contributed by atoms with van der Waals surface area (Å²) in [6.45, 7) is 0.276. The molecular formula is C11H11F6N. The van der Waals surface area contributed by atoms with Crippen molar-refractivity contribution in [2.45, 2.75) is 19.8 Å². The Bertz CT molecular complexity index is 405. The Morgan fingerprint density at radius 3 is 1.67 bits per heavy atom. The fourth-order valence-electron chi connectivity index (χ4n) is 1.45. The Kier molecular flexibility index (Phi) is 4.86. The van der Waals surface area contributed by atoms with E-state index in [4.69, 9.17) is 0 Å². The number of nitrogens with zero attached hydrogens (tertiary/aromatic N) is 1. The van der Waals surface area contributed by atoms with Crippen LogP contribution in [0.2, 0.25) is 0 Å². The lowest BCUT2D eigenvalue weighted by Gasteiger charge is -2.22. The molecule has 0 unspecified atom stereocenters. The van der Waals surface area contributed by atoms with E-state index in [1.165, 1.54) is 0 Å². The lowest BCUT2D eigenvalue weighted by atomic mass is 10.2. The molecule has 0 saturated carbocycles. The van der Waals surface area contributed by atoms with Crippen LogP contribution in [-0.4, -0.2) is 13.3 Å². The van der Waals surface area contributed by atoms with Crippen LogP contribution in [0.1, 0.15) is 19.8 Å². The van der Waals surface area contributed by atoms with Crippen molar-refractivity contribution in [1.29, 1.82) is 0 Å². The van der Waals surface area contributed by atoms with Gasteiger partial charge in [0.2, 0.25) is 5.82 Å². The van der Waals surface area contributed by atoms with Crippen LogP contribution in [-0.2, 0) is 0 Å². The highest BCUT2D eigenvalue weighted by Gasteiger charge is 2.28. The van der Waals surface area contributed by atoms with Gasteiger partial charge in [0.1, 0.15) is 5.69 Å². The second kappa shape index (κ2) is 5.97. The normalized spacial score (nSPS) is 10.8. The number of benzene rings is 1. The SMILES string of the molecule is CCCCN(CF)c1c(F)c(F)c(F)c(F)c1F. The molecule has 0 N–H and O–H groups in total. The van der Waals surface area contributed by atoms with Gasteiger partial charge in [0.25, 0.3) is 0 Å². The number of halogens is 6. The first-order chi connectivity index (χ1) is 8.45. The maximum Gasteiger partial charge on any atom is 0.200 e. The number of rotatable bonds is 5. The lowest BCUT2D eigenvalue weighted by molar-refractivity contribution is 0.371. The maximum atomic E-state index is 13.3. The van der Waals surface area contributed by atoms with E-state index in [0.29, 0.717) is 17.7 Å². The van der Waals surface area contributed by atoms with Crippen LogP contribution in [0.15, 0.2) is 0 Å². The van der Waals surface area contributed by atoms with Gasteiger partial charge in [0.05, 0.1) is 0 Å². The van der Waals surface area contributed by atoms with Gasteiger partial charge in [-0.2, -0.15) is 0 Å². The number of hydrogen-bond donors (Lipinski definition) is 0. The molecule has 18 heavy (non-hydrogen) atoms. The van der Waals surface area contributed by atoms with Crippen molar-refractivity contribution in [1.82, 2.24) is 0 Å². The van der Waals surface area contributed by atoms with E-state index in [1.54, 1.807) is 6.92 Å². The van der Waals surface area contributed by atoms with Gasteiger partial charge < -0.3 is 4.90 Å². The topological polar surface area (TPSA) is 3.24 Å². The van der Waals surface area contributed by atoms with E-state index < -0.39 is 41.6 Å². The molecular weight excluding hydrogens is 260 g/mol. The van der Waals surface area contributed by atoms with Crippen LogP contribution < -0.4 is 4.90 Å². The highest BCUT2D eigenvalue weighted by atomic mass is 19.2. The molecule has 1 nitrogen and oxygen atoms in total. The summed E-state index contributed by atoms with van der Waals surface area (Å²) in [5.74, 6) is -10.4. The van der Waals surface area contributed by atoms with Crippen LogP contribution in [0.3, 0.4) is 0 Å². The molecule has 1 rings (SSSR count). The molecule has 0 spiro atoms. The number of anilines is 1. The molecule has 0 atom stereocenters. The minimum atomic E-state index is -2.25. The molecule has 0 aliphatic heterocycles. The summed E-state index contributed by atoms with van der Waals surface area (Å²) < 4.78 is 77.9. The predicted octanol–water partition coefficient (Wildman–Crippen LogP) is 3.92. The smallest absolute Gasteiger partial charge is 0.200 e. The molecule has 0 heterocycles. The van der Waals surface area contributed by atoms with Crippen molar-refractivity contribution in [3.05, 3.63) is 29.1 Å². The van der Waals surface area contributed by atoms with Gasteiger partial charge in [0, 0.05) is 6.54 Å². The van der Waals surface area contributed by atoms with Crippen molar-refractivity contribution in [3.63, 3.8) is 0 Å². The summed E-state index contributed by atoms with van der Waals surface area (Å²) in [7, 11) is 0. The Balaban J connectivity index is 3.30. The molecule has 0 radical (unpaired) electrons. The second-order valence-corrected chi connectivity index (χ2v) is 3.66. The summed E-state index contributed by atoms with van der Waals surface area (Å²) in [6.07, 6.45) is 0.954. The van der Waals surface area contributed by atoms with Crippen LogP contribution >= 0.6 is 0 Å². The average molecular weight is 271 g/mol. The number of alkyl halides is 1. The first-order valence-electron chi connectivity index (χ1n) is 5.28. The molecule has 0 saturated heterocycles. The zero-order valence-corrected chi connectivity index (χ0v) is 9.54. The number of hydrogen-bond acceptors (Lipinski definition) is 1. The first kappa shape index (κ1) is 14.7. The molecule has 0 bridgehead atoms. The zero-order valence-electron chi connectivity index (χ0n) is 9.54. The molecule has 7 heteroatoms. The van der Waals surface area contributed by atoms with E-state index >= 15 is 0 Å². The third kappa shape index (κ3) is 2.54. The molecule has 1 aromatic rings. The molecule has 0 amide bonds. The molecule has 0 aliphatic rings. The zero-order chi connectivity index (χ0) is 13.9. The van der Waals surface area contributed by atoms with Crippen LogP contribution in [0.4, 0.5) is 32.0 Å². The van der Waals surface area contributed by atoms with E-state index in [0.717, 1.165) is 0 Å². The Morgan fingerprint density at radius 2 is 1.28 bits per heavy atom. The fraction of sp³-hybridized carbons (Fsp3) is 0.455. The van der Waals surface area contributed by atoms with E-state index in [1.807, 2.05) is 0 Å². The van der Waals surface area contributed by atoms with Crippen molar-refractivity contribution >= 4 is 5.69 Å². The minimum absolute atomic E-state index is 0.134. The van der Waals surface area contributed by atoms with Crippen molar-refractivity contribution in [2.75, 3.05) is 18.2 Å². The summed E-state index contributed by atoms with van der Waals surface area (Å²) >= 11 is 0. The summed E-state index contributed by atoms with van der Waals surface area (Å²) in [5, 5.41) is 0. The highest BCUT2D eigenvalue weighted by Crippen LogP contribution is 2.30. The Morgan fingerprint density at radius 1 is 0.833 bits per heavy atom. The lowest BCUT2D eigenvalue weighted by Crippen LogP contribution is -2.26. The third-order valence-electron chi connectivity index (χ3n) is 2.43. The standard InChI is InChI=1S/C11H11F6N/c1-2-3-4-18(5-12)11-9(16)7(14)6(13)8(15)10(11)17/h2-5H2,1H3. The van der Waals surface area contributed by atoms with Gasteiger partial charge in [-0.3, -0.25) is 0 Å². The molecule has 0 aliphatic carbocycles. The van der Waals surface area contributed by atoms with Crippen molar-refractivity contribution < 1.29 is 26.3 Å². The summed E-state index contributed by atoms with van der Waals surface area (Å²) in [6, 6.07) is 0. The summed E-state index contributed by atoms with van der Waals surface area (Å²) in [4.78, 5) is 0.486. The number of unbranched alkanes of at least 4 members (excludes halogenated alkanes) is 1. The van der Waals surface area contributed by atoms with Crippen LogP contribution in [0.5, 0.6) is 0 Å². The molecule has 0 fully saturated rings. The maximum absolute atomic E-state index is 13.3. The first-order valence-corrected chi connectivity index (χ1v) is 5.28. The molecule has 1 aromatic carbocycles. The van der Waals surface area contributed by atoms with Crippen molar-refractivity contribution in [2.24, 2.45) is 0 Å². The second-order valence-electron chi connectivity index (χ2n) is 3.66. The van der Waals surface area contributed by atoms with E-state index in [-0.39, 0.29) is 6.54 Å². The van der Waals surface area contributed by atoms with Gasteiger partial charge in [-0.1, -0.05) is 13.3 Å². The van der Waals surface area contributed by atoms with Gasteiger partial charge in [-0.25, -0.2) is 26.3 Å². The van der Waals surface area contributed by atoms with Gasteiger partial charge >= 0.3 is 0 Å². The molecule has 102 valence electrons. The quantitative estimate of drug-likeness (QED) is 0.339. The van der Waals surface area contributed by atoms with Gasteiger partial charge in [-0.15, -0.1) is 0 Å². The summed E-state index contributed by atoms with van der Waals surface area (Å²) in [5.41, 5.74) is -1.22. The monoisotopic (exact) mass is 271 g/mol.